The fourth-order valence-corrected chi connectivity index (χ4v) is 4.60. The Labute approximate surface area is 145 Å². The van der Waals surface area contributed by atoms with Gasteiger partial charge in [-0.05, 0) is 61.2 Å². The summed E-state index contributed by atoms with van der Waals surface area (Å²) in [5.74, 6) is 0. The molecule has 0 aliphatic carbocycles. The van der Waals surface area contributed by atoms with Crippen molar-refractivity contribution in [2.75, 3.05) is 0 Å². The molecule has 0 fully saturated rings. The van der Waals surface area contributed by atoms with Crippen molar-refractivity contribution in [3.8, 4) is 0 Å². The van der Waals surface area contributed by atoms with Crippen LogP contribution in [-0.2, 0) is 6.54 Å². The second-order valence-corrected chi connectivity index (χ2v) is 8.31. The highest BCUT2D eigenvalue weighted by Crippen LogP contribution is 2.32. The van der Waals surface area contributed by atoms with Crippen LogP contribution in [0, 0.1) is 0 Å². The van der Waals surface area contributed by atoms with Crippen molar-refractivity contribution in [3.63, 3.8) is 0 Å². The number of rotatable bonds is 4. The lowest BCUT2D eigenvalue weighted by Crippen LogP contribution is -2.17. The minimum absolute atomic E-state index is 0.316. The lowest BCUT2D eigenvalue weighted by Gasteiger charge is -2.16. The second kappa shape index (κ2) is 6.61. The first-order valence-electron chi connectivity index (χ1n) is 6.80. The summed E-state index contributed by atoms with van der Waals surface area (Å²) in [5, 5.41) is 6.24. The van der Waals surface area contributed by atoms with E-state index in [0.29, 0.717) is 6.04 Å². The normalized spacial score (nSPS) is 12.7. The average molecular weight is 425 g/mol. The number of nitrogens with one attached hydrogen (secondary N) is 1. The fourth-order valence-electron chi connectivity index (χ4n) is 2.47. The lowest BCUT2D eigenvalue weighted by atomic mass is 10.00. The van der Waals surface area contributed by atoms with Crippen LogP contribution in [0.25, 0.3) is 10.8 Å². The SMILES string of the molecule is CC(NCc1cc(Br)c(Br)s1)c1cccc2ccccc12. The Kier molecular flexibility index (Phi) is 4.79. The molecule has 0 saturated heterocycles. The van der Waals surface area contributed by atoms with E-state index in [0.717, 1.165) is 14.8 Å². The molecule has 21 heavy (non-hydrogen) atoms. The molecule has 3 aromatic rings. The van der Waals surface area contributed by atoms with E-state index in [1.165, 1.54) is 21.2 Å². The smallest absolute Gasteiger partial charge is 0.0843 e. The molecule has 4 heteroatoms. The molecule has 0 aliphatic rings. The first-order chi connectivity index (χ1) is 10.1. The lowest BCUT2D eigenvalue weighted by molar-refractivity contribution is 0.582. The zero-order valence-corrected chi connectivity index (χ0v) is 15.6. The van der Waals surface area contributed by atoms with Crippen LogP contribution in [0.15, 0.2) is 56.8 Å². The average Bonchev–Trinajstić information content (AvgIpc) is 2.83. The highest BCUT2D eigenvalue weighted by atomic mass is 79.9. The maximum Gasteiger partial charge on any atom is 0.0843 e. The highest BCUT2D eigenvalue weighted by molar-refractivity contribution is 9.13. The Balaban J connectivity index is 1.79. The molecule has 1 aromatic heterocycles. The zero-order valence-electron chi connectivity index (χ0n) is 11.6. The van der Waals surface area contributed by atoms with Crippen molar-refractivity contribution in [1.82, 2.24) is 5.32 Å². The minimum Gasteiger partial charge on any atom is -0.305 e. The Morgan fingerprint density at radius 2 is 1.86 bits per heavy atom. The van der Waals surface area contributed by atoms with Gasteiger partial charge in [-0.25, -0.2) is 0 Å². The molecule has 0 bridgehead atoms. The third-order valence-electron chi connectivity index (χ3n) is 3.57. The highest BCUT2D eigenvalue weighted by Gasteiger charge is 2.10. The molecular weight excluding hydrogens is 410 g/mol. The predicted molar refractivity (Wildman–Crippen MR) is 98.9 cm³/mol. The molecule has 0 amide bonds. The zero-order chi connectivity index (χ0) is 14.8. The van der Waals surface area contributed by atoms with E-state index in [1.807, 2.05) is 0 Å². The van der Waals surface area contributed by atoms with Gasteiger partial charge in [-0.2, -0.15) is 0 Å². The van der Waals surface area contributed by atoms with Crippen molar-refractivity contribution in [2.45, 2.75) is 19.5 Å². The van der Waals surface area contributed by atoms with Crippen LogP contribution in [0.4, 0.5) is 0 Å². The van der Waals surface area contributed by atoms with E-state index in [4.69, 9.17) is 0 Å². The number of benzene rings is 2. The third-order valence-corrected chi connectivity index (χ3v) is 6.82. The summed E-state index contributed by atoms with van der Waals surface area (Å²) in [6.45, 7) is 3.10. The summed E-state index contributed by atoms with van der Waals surface area (Å²) in [6, 6.07) is 17.5. The van der Waals surface area contributed by atoms with Crippen molar-refractivity contribution >= 4 is 54.0 Å². The van der Waals surface area contributed by atoms with Crippen LogP contribution in [-0.4, -0.2) is 0 Å². The molecule has 1 N–H and O–H groups in total. The van der Waals surface area contributed by atoms with Crippen LogP contribution >= 0.6 is 43.2 Å². The van der Waals surface area contributed by atoms with Crippen molar-refractivity contribution in [3.05, 3.63) is 67.2 Å². The molecule has 1 unspecified atom stereocenters. The Morgan fingerprint density at radius 3 is 2.62 bits per heavy atom. The van der Waals surface area contributed by atoms with E-state index >= 15 is 0 Å². The van der Waals surface area contributed by atoms with Crippen LogP contribution in [0.1, 0.15) is 23.4 Å². The van der Waals surface area contributed by atoms with E-state index in [-0.39, 0.29) is 0 Å². The molecule has 1 atom stereocenters. The van der Waals surface area contributed by atoms with E-state index in [1.54, 1.807) is 11.3 Å². The van der Waals surface area contributed by atoms with Crippen LogP contribution < -0.4 is 5.32 Å². The number of hydrogen-bond donors (Lipinski definition) is 1. The van der Waals surface area contributed by atoms with Gasteiger partial charge < -0.3 is 5.32 Å². The molecule has 3 rings (SSSR count). The van der Waals surface area contributed by atoms with Gasteiger partial charge in [0.25, 0.3) is 0 Å². The predicted octanol–water partition coefficient (Wildman–Crippen LogP) is 6.28. The maximum atomic E-state index is 3.62. The van der Waals surface area contributed by atoms with Gasteiger partial charge in [-0.3, -0.25) is 0 Å². The topological polar surface area (TPSA) is 12.0 Å². The van der Waals surface area contributed by atoms with Gasteiger partial charge in [-0.1, -0.05) is 42.5 Å². The molecule has 1 heterocycles. The van der Waals surface area contributed by atoms with Crippen molar-refractivity contribution in [1.29, 1.82) is 0 Å². The van der Waals surface area contributed by atoms with Gasteiger partial charge in [0, 0.05) is 21.9 Å². The van der Waals surface area contributed by atoms with Crippen LogP contribution in [0.2, 0.25) is 0 Å². The molecule has 1 nitrogen and oxygen atoms in total. The number of hydrogen-bond acceptors (Lipinski definition) is 2. The van der Waals surface area contributed by atoms with Crippen LogP contribution in [0.3, 0.4) is 0 Å². The summed E-state index contributed by atoms with van der Waals surface area (Å²) in [6.07, 6.45) is 0. The molecule has 0 aliphatic heterocycles. The first-order valence-corrected chi connectivity index (χ1v) is 9.20. The van der Waals surface area contributed by atoms with Gasteiger partial charge in [-0.15, -0.1) is 11.3 Å². The Hall–Kier alpha value is -0.680. The summed E-state index contributed by atoms with van der Waals surface area (Å²) in [4.78, 5) is 1.32. The molecule has 108 valence electrons. The van der Waals surface area contributed by atoms with Gasteiger partial charge >= 0.3 is 0 Å². The fraction of sp³-hybridized carbons (Fsp3) is 0.176. The van der Waals surface area contributed by atoms with Crippen LogP contribution in [0.5, 0.6) is 0 Å². The molecule has 0 spiro atoms. The van der Waals surface area contributed by atoms with Gasteiger partial charge in [0.15, 0.2) is 0 Å². The van der Waals surface area contributed by atoms with E-state index < -0.39 is 0 Å². The minimum atomic E-state index is 0.316. The number of halogens is 2. The largest absolute Gasteiger partial charge is 0.305 e. The molecule has 0 saturated carbocycles. The van der Waals surface area contributed by atoms with E-state index in [2.05, 4.69) is 92.6 Å². The quantitative estimate of drug-likeness (QED) is 0.519. The van der Waals surface area contributed by atoms with Crippen molar-refractivity contribution in [2.24, 2.45) is 0 Å². The summed E-state index contributed by atoms with van der Waals surface area (Å²) in [7, 11) is 0. The third kappa shape index (κ3) is 3.39. The maximum absolute atomic E-state index is 3.62. The summed E-state index contributed by atoms with van der Waals surface area (Å²) < 4.78 is 2.28. The van der Waals surface area contributed by atoms with E-state index in [9.17, 15) is 0 Å². The summed E-state index contributed by atoms with van der Waals surface area (Å²) >= 11 is 8.84. The Bertz CT molecular complexity index is 742. The number of fused-ring (bicyclic) bond motifs is 1. The Morgan fingerprint density at radius 1 is 1.10 bits per heavy atom. The molecule has 0 radical (unpaired) electrons. The molecule has 2 aromatic carbocycles. The molecular formula is C17H15Br2NS. The van der Waals surface area contributed by atoms with Crippen molar-refractivity contribution < 1.29 is 0 Å². The number of thiophene rings is 1. The monoisotopic (exact) mass is 423 g/mol. The van der Waals surface area contributed by atoms with Gasteiger partial charge in [0.2, 0.25) is 0 Å². The second-order valence-electron chi connectivity index (χ2n) is 5.01. The summed E-state index contributed by atoms with van der Waals surface area (Å²) in [5.41, 5.74) is 1.35. The van der Waals surface area contributed by atoms with Gasteiger partial charge in [0.1, 0.15) is 0 Å². The standard InChI is InChI=1S/C17H15Br2NS/c1-11(20-10-13-9-16(18)17(19)21-13)14-8-4-6-12-5-2-3-7-15(12)14/h2-9,11,20H,10H2,1H3. The first kappa shape index (κ1) is 15.2. The van der Waals surface area contributed by atoms with Gasteiger partial charge in [0.05, 0.1) is 3.79 Å².